The molecular weight excluding hydrogens is 398 g/mol. The number of ether oxygens (including phenoxy) is 1. The van der Waals surface area contributed by atoms with E-state index < -0.39 is 6.10 Å². The third-order valence-corrected chi connectivity index (χ3v) is 5.54. The number of carbonyl (C=O) groups is 1. The molecule has 0 aromatic heterocycles. The van der Waals surface area contributed by atoms with Crippen LogP contribution in [0.15, 0.2) is 12.2 Å². The van der Waals surface area contributed by atoms with Crippen molar-refractivity contribution in [2.24, 2.45) is 0 Å². The maximum absolute atomic E-state index is 11.3. The first-order valence-corrected chi connectivity index (χ1v) is 12.2. The first kappa shape index (κ1) is 31.6. The maximum atomic E-state index is 11.3. The van der Waals surface area contributed by atoms with E-state index in [0.29, 0.717) is 6.54 Å². The van der Waals surface area contributed by atoms with E-state index in [1.807, 2.05) is 0 Å². The highest BCUT2D eigenvalue weighted by atomic mass is 35.5. The van der Waals surface area contributed by atoms with Crippen LogP contribution in [0.5, 0.6) is 0 Å². The van der Waals surface area contributed by atoms with Gasteiger partial charge in [-0.1, -0.05) is 90.0 Å². The molecule has 4 nitrogen and oxygen atoms in total. The van der Waals surface area contributed by atoms with Crippen molar-refractivity contribution in [1.29, 1.82) is 0 Å². The highest BCUT2D eigenvalue weighted by molar-refractivity contribution is 5.81. The van der Waals surface area contributed by atoms with Gasteiger partial charge in [-0.3, -0.25) is 0 Å². The Morgan fingerprint density at radius 1 is 0.867 bits per heavy atom. The predicted octanol–water partition coefficient (Wildman–Crippen LogP) is 3.03. The Bertz CT molecular complexity index is 413. The molecule has 30 heavy (non-hydrogen) atoms. The van der Waals surface area contributed by atoms with Gasteiger partial charge < -0.3 is 26.7 Å². The number of aliphatic hydroxyl groups is 1. The summed E-state index contributed by atoms with van der Waals surface area (Å²) in [6.45, 7) is 5.79. The van der Waals surface area contributed by atoms with E-state index in [9.17, 15) is 9.90 Å². The Hall–Kier alpha value is -0.580. The van der Waals surface area contributed by atoms with Crippen molar-refractivity contribution in [3.63, 3.8) is 0 Å². The molecule has 0 heterocycles. The minimum atomic E-state index is -0.606. The van der Waals surface area contributed by atoms with Crippen LogP contribution in [0.4, 0.5) is 0 Å². The molecule has 0 saturated carbocycles. The number of esters is 1. The standard InChI is InChI=1S/C25H50NO3.ClH/c1-5-7-8-9-10-11-12-13-14-15-16-17-18-19-21-26(3,4)22-24(27)23-29-25(28)20-6-2;/h6,20,24,27H,5,7-19,21-23H2,1-4H3;1H/q+1;/p-1. The van der Waals surface area contributed by atoms with Crippen molar-refractivity contribution < 1.29 is 31.5 Å². The van der Waals surface area contributed by atoms with E-state index in [0.717, 1.165) is 11.0 Å². The normalized spacial score (nSPS) is 12.7. The van der Waals surface area contributed by atoms with Gasteiger partial charge in [-0.2, -0.15) is 0 Å². The number of aliphatic hydroxyl groups excluding tert-OH is 1. The van der Waals surface area contributed by atoms with E-state index in [2.05, 4.69) is 21.0 Å². The summed E-state index contributed by atoms with van der Waals surface area (Å²) in [6, 6.07) is 0. The molecule has 0 aliphatic heterocycles. The SMILES string of the molecule is CC=CC(=O)OCC(O)C[N+](C)(C)CCCCCCCCCCCCCCCC.[Cl-]. The summed E-state index contributed by atoms with van der Waals surface area (Å²) in [7, 11) is 4.28. The molecule has 1 atom stereocenters. The van der Waals surface area contributed by atoms with Crippen molar-refractivity contribution >= 4 is 5.97 Å². The minimum absolute atomic E-state index is 0. The number of unbranched alkanes of at least 4 members (excludes halogenated alkanes) is 13. The molecule has 0 saturated heterocycles. The highest BCUT2D eigenvalue weighted by Crippen LogP contribution is 2.13. The van der Waals surface area contributed by atoms with Crippen molar-refractivity contribution in [2.75, 3.05) is 33.8 Å². The van der Waals surface area contributed by atoms with E-state index in [4.69, 9.17) is 4.74 Å². The first-order valence-electron chi connectivity index (χ1n) is 12.2. The largest absolute Gasteiger partial charge is 1.00 e. The molecule has 0 aliphatic rings. The van der Waals surface area contributed by atoms with Gasteiger partial charge in [-0.05, 0) is 19.8 Å². The minimum Gasteiger partial charge on any atom is -1.00 e. The lowest BCUT2D eigenvalue weighted by molar-refractivity contribution is -0.893. The van der Waals surface area contributed by atoms with Gasteiger partial charge in [0.1, 0.15) is 19.3 Å². The van der Waals surface area contributed by atoms with Crippen molar-refractivity contribution in [1.82, 2.24) is 0 Å². The number of rotatable bonds is 20. The molecular formula is C25H50ClNO3. The average Bonchev–Trinajstić information content (AvgIpc) is 2.66. The Balaban J connectivity index is 0. The second-order valence-electron chi connectivity index (χ2n) is 9.22. The fourth-order valence-electron chi connectivity index (χ4n) is 3.81. The van der Waals surface area contributed by atoms with Crippen LogP contribution in [0.1, 0.15) is 104 Å². The summed E-state index contributed by atoms with van der Waals surface area (Å²) in [4.78, 5) is 11.3. The molecule has 0 bridgehead atoms. The van der Waals surface area contributed by atoms with Crippen molar-refractivity contribution in [3.05, 3.63) is 12.2 Å². The lowest BCUT2D eigenvalue weighted by atomic mass is 10.0. The number of halogens is 1. The van der Waals surface area contributed by atoms with Gasteiger partial charge in [0.15, 0.2) is 0 Å². The average molecular weight is 448 g/mol. The Morgan fingerprint density at radius 3 is 1.73 bits per heavy atom. The summed E-state index contributed by atoms with van der Waals surface area (Å²) < 4.78 is 5.80. The first-order chi connectivity index (χ1) is 13.9. The molecule has 0 aliphatic carbocycles. The fraction of sp³-hybridized carbons (Fsp3) is 0.880. The van der Waals surface area contributed by atoms with Gasteiger partial charge >= 0.3 is 5.97 Å². The number of nitrogens with zero attached hydrogens (tertiary/aromatic N) is 1. The van der Waals surface area contributed by atoms with E-state index in [1.165, 1.54) is 96.0 Å². The van der Waals surface area contributed by atoms with Crippen molar-refractivity contribution in [3.8, 4) is 0 Å². The molecule has 0 amide bonds. The number of hydrogen-bond donors (Lipinski definition) is 1. The summed E-state index contributed by atoms with van der Waals surface area (Å²) in [5.41, 5.74) is 0. The molecule has 0 spiro atoms. The van der Waals surface area contributed by atoms with E-state index >= 15 is 0 Å². The molecule has 0 aromatic carbocycles. The Labute approximate surface area is 193 Å². The van der Waals surface area contributed by atoms with Crippen LogP contribution in [0.3, 0.4) is 0 Å². The number of hydrogen-bond acceptors (Lipinski definition) is 3. The van der Waals surface area contributed by atoms with Crippen LogP contribution in [-0.2, 0) is 9.53 Å². The monoisotopic (exact) mass is 447 g/mol. The Kier molecular flexibility index (Phi) is 22.8. The molecule has 0 rings (SSSR count). The third-order valence-electron chi connectivity index (χ3n) is 5.54. The topological polar surface area (TPSA) is 46.5 Å². The van der Waals surface area contributed by atoms with Gasteiger partial charge in [0, 0.05) is 6.08 Å². The summed E-state index contributed by atoms with van der Waals surface area (Å²) in [6.07, 6.45) is 21.6. The van der Waals surface area contributed by atoms with Gasteiger partial charge in [-0.15, -0.1) is 0 Å². The zero-order valence-corrected chi connectivity index (χ0v) is 21.1. The van der Waals surface area contributed by atoms with Gasteiger partial charge in [0.2, 0.25) is 0 Å². The molecule has 180 valence electrons. The van der Waals surface area contributed by atoms with Crippen LogP contribution >= 0.6 is 0 Å². The van der Waals surface area contributed by atoms with Crippen LogP contribution in [0.2, 0.25) is 0 Å². The fourth-order valence-corrected chi connectivity index (χ4v) is 3.81. The number of likely N-dealkylation sites (N-methyl/N-ethyl adjacent to an activating group) is 1. The quantitative estimate of drug-likeness (QED) is 0.135. The second kappa shape index (κ2) is 21.6. The molecule has 0 fully saturated rings. The van der Waals surface area contributed by atoms with Gasteiger partial charge in [0.25, 0.3) is 0 Å². The van der Waals surface area contributed by atoms with Crippen LogP contribution < -0.4 is 12.4 Å². The van der Waals surface area contributed by atoms with E-state index in [1.54, 1.807) is 13.0 Å². The second-order valence-corrected chi connectivity index (χ2v) is 9.22. The maximum Gasteiger partial charge on any atom is 0.330 e. The van der Waals surface area contributed by atoms with Crippen molar-refractivity contribution in [2.45, 2.75) is 110 Å². The third kappa shape index (κ3) is 22.1. The van der Waals surface area contributed by atoms with E-state index in [-0.39, 0.29) is 25.0 Å². The number of allylic oxidation sites excluding steroid dienone is 1. The molecule has 1 unspecified atom stereocenters. The highest BCUT2D eigenvalue weighted by Gasteiger charge is 2.21. The van der Waals surface area contributed by atoms with Crippen LogP contribution in [0.25, 0.3) is 0 Å². The predicted molar refractivity (Wildman–Crippen MR) is 124 cm³/mol. The zero-order chi connectivity index (χ0) is 21.8. The summed E-state index contributed by atoms with van der Waals surface area (Å²) >= 11 is 0. The summed E-state index contributed by atoms with van der Waals surface area (Å²) in [5.74, 6) is -0.385. The lowest BCUT2D eigenvalue weighted by Crippen LogP contribution is -3.00. The van der Waals surface area contributed by atoms with Crippen LogP contribution in [0, 0.1) is 0 Å². The van der Waals surface area contributed by atoms with Gasteiger partial charge in [-0.25, -0.2) is 4.79 Å². The number of carbonyl (C=O) groups excluding carboxylic acids is 1. The Morgan fingerprint density at radius 2 is 1.30 bits per heavy atom. The van der Waals surface area contributed by atoms with Gasteiger partial charge in [0.05, 0.1) is 20.6 Å². The molecule has 0 radical (unpaired) electrons. The summed E-state index contributed by atoms with van der Waals surface area (Å²) in [5, 5.41) is 10.1. The number of quaternary nitrogens is 1. The molecule has 1 N–H and O–H groups in total. The smallest absolute Gasteiger partial charge is 0.330 e. The lowest BCUT2D eigenvalue weighted by Gasteiger charge is -2.31. The zero-order valence-electron chi connectivity index (χ0n) is 20.3. The molecule has 5 heteroatoms. The van der Waals surface area contributed by atoms with Crippen LogP contribution in [-0.4, -0.2) is 55.5 Å². The molecule has 0 aromatic rings.